The Morgan fingerprint density at radius 2 is 1.82 bits per heavy atom. The van der Waals surface area contributed by atoms with Gasteiger partial charge in [0.15, 0.2) is 5.82 Å². The third kappa shape index (κ3) is 2.76. The average molecular weight is 304 g/mol. The fraction of sp³-hybridized carbons (Fsp3) is 0. The van der Waals surface area contributed by atoms with Gasteiger partial charge in [0.25, 0.3) is 5.88 Å². The Balaban J connectivity index is 2.31. The molecule has 6 heteroatoms. The van der Waals surface area contributed by atoms with Gasteiger partial charge < -0.3 is 4.74 Å². The van der Waals surface area contributed by atoms with Crippen molar-refractivity contribution in [3.63, 3.8) is 0 Å². The van der Waals surface area contributed by atoms with E-state index in [1.807, 2.05) is 0 Å². The SMILES string of the molecule is Fc1cnc(Oc2ccc(F)cc2Br)c(F)c1. The van der Waals surface area contributed by atoms with Gasteiger partial charge in [-0.05, 0) is 34.1 Å². The summed E-state index contributed by atoms with van der Waals surface area (Å²) in [4.78, 5) is 3.45. The maximum absolute atomic E-state index is 13.2. The number of pyridine rings is 1. The maximum atomic E-state index is 13.2. The van der Waals surface area contributed by atoms with Crippen molar-refractivity contribution < 1.29 is 17.9 Å². The Kier molecular flexibility index (Phi) is 3.33. The predicted molar refractivity (Wildman–Crippen MR) is 58.3 cm³/mol. The highest BCUT2D eigenvalue weighted by Gasteiger charge is 2.10. The zero-order valence-corrected chi connectivity index (χ0v) is 9.84. The molecule has 17 heavy (non-hydrogen) atoms. The van der Waals surface area contributed by atoms with Crippen molar-refractivity contribution in [3.05, 3.63) is 52.4 Å². The molecule has 0 unspecified atom stereocenters. The minimum atomic E-state index is -0.929. The second-order valence-electron chi connectivity index (χ2n) is 3.12. The highest BCUT2D eigenvalue weighted by molar-refractivity contribution is 9.10. The first-order valence-electron chi connectivity index (χ1n) is 4.50. The lowest BCUT2D eigenvalue weighted by atomic mass is 10.3. The number of rotatable bonds is 2. The van der Waals surface area contributed by atoms with Crippen molar-refractivity contribution >= 4 is 15.9 Å². The van der Waals surface area contributed by atoms with E-state index in [4.69, 9.17) is 4.74 Å². The molecule has 88 valence electrons. The Morgan fingerprint density at radius 3 is 2.47 bits per heavy atom. The lowest BCUT2D eigenvalue weighted by Gasteiger charge is -2.07. The van der Waals surface area contributed by atoms with E-state index < -0.39 is 17.5 Å². The number of aromatic nitrogens is 1. The van der Waals surface area contributed by atoms with Crippen LogP contribution in [0.15, 0.2) is 34.9 Å². The molecule has 1 aromatic carbocycles. The second-order valence-corrected chi connectivity index (χ2v) is 3.97. The molecule has 0 spiro atoms. The fourth-order valence-electron chi connectivity index (χ4n) is 1.14. The van der Waals surface area contributed by atoms with Gasteiger partial charge in [-0.3, -0.25) is 0 Å². The van der Waals surface area contributed by atoms with E-state index >= 15 is 0 Å². The van der Waals surface area contributed by atoms with Gasteiger partial charge in [-0.2, -0.15) is 0 Å². The quantitative estimate of drug-likeness (QED) is 0.835. The highest BCUT2D eigenvalue weighted by atomic mass is 79.9. The normalized spacial score (nSPS) is 10.4. The molecule has 1 aromatic heterocycles. The van der Waals surface area contributed by atoms with Gasteiger partial charge >= 0.3 is 0 Å². The third-order valence-electron chi connectivity index (χ3n) is 1.87. The summed E-state index contributed by atoms with van der Waals surface area (Å²) in [6.45, 7) is 0. The van der Waals surface area contributed by atoms with E-state index in [-0.39, 0.29) is 11.6 Å². The molecule has 0 aliphatic carbocycles. The van der Waals surface area contributed by atoms with Crippen molar-refractivity contribution in [1.82, 2.24) is 4.98 Å². The van der Waals surface area contributed by atoms with Crippen molar-refractivity contribution in [2.24, 2.45) is 0 Å². The van der Waals surface area contributed by atoms with Crippen LogP contribution in [-0.4, -0.2) is 4.98 Å². The fourth-order valence-corrected chi connectivity index (χ4v) is 1.57. The predicted octanol–water partition coefficient (Wildman–Crippen LogP) is 4.05. The number of benzene rings is 1. The first-order valence-corrected chi connectivity index (χ1v) is 5.29. The lowest BCUT2D eigenvalue weighted by Crippen LogP contribution is -1.94. The molecule has 0 fully saturated rings. The van der Waals surface area contributed by atoms with E-state index in [0.717, 1.165) is 18.3 Å². The van der Waals surface area contributed by atoms with Crippen LogP contribution in [-0.2, 0) is 0 Å². The summed E-state index contributed by atoms with van der Waals surface area (Å²) in [5.74, 6) is -2.38. The van der Waals surface area contributed by atoms with Crippen LogP contribution in [0.4, 0.5) is 13.2 Å². The van der Waals surface area contributed by atoms with Crippen molar-refractivity contribution in [1.29, 1.82) is 0 Å². The standard InChI is InChI=1S/C11H5BrF3NO/c12-8-3-6(13)1-2-10(8)17-11-9(15)4-7(14)5-16-11/h1-5H. The van der Waals surface area contributed by atoms with Crippen molar-refractivity contribution in [2.75, 3.05) is 0 Å². The van der Waals surface area contributed by atoms with Crippen LogP contribution in [0, 0.1) is 17.5 Å². The third-order valence-corrected chi connectivity index (χ3v) is 2.49. The van der Waals surface area contributed by atoms with Crippen LogP contribution < -0.4 is 4.74 Å². The first-order chi connectivity index (χ1) is 8.06. The zero-order valence-electron chi connectivity index (χ0n) is 8.25. The van der Waals surface area contributed by atoms with E-state index in [2.05, 4.69) is 20.9 Å². The molecule has 0 radical (unpaired) electrons. The molecule has 0 bridgehead atoms. The lowest BCUT2D eigenvalue weighted by molar-refractivity contribution is 0.414. The molecule has 2 aromatic rings. The Bertz CT molecular complexity index is 513. The first kappa shape index (κ1) is 11.9. The van der Waals surface area contributed by atoms with Crippen LogP contribution in [0.1, 0.15) is 0 Å². The van der Waals surface area contributed by atoms with E-state index in [1.54, 1.807) is 0 Å². The van der Waals surface area contributed by atoms with Gasteiger partial charge in [0.2, 0.25) is 0 Å². The number of nitrogens with zero attached hydrogens (tertiary/aromatic N) is 1. The highest BCUT2D eigenvalue weighted by Crippen LogP contribution is 2.30. The Morgan fingerprint density at radius 1 is 1.06 bits per heavy atom. The summed E-state index contributed by atoms with van der Waals surface area (Å²) in [6, 6.07) is 4.28. The molecule has 1 heterocycles. The van der Waals surface area contributed by atoms with Gasteiger partial charge in [0, 0.05) is 6.07 Å². The molecular formula is C11H5BrF3NO. The summed E-state index contributed by atoms with van der Waals surface area (Å²) in [5, 5.41) is 0. The van der Waals surface area contributed by atoms with Crippen LogP contribution in [0.2, 0.25) is 0 Å². The van der Waals surface area contributed by atoms with Crippen LogP contribution in [0.25, 0.3) is 0 Å². The smallest absolute Gasteiger partial charge is 0.256 e. The van der Waals surface area contributed by atoms with Crippen LogP contribution in [0.5, 0.6) is 11.6 Å². The summed E-state index contributed by atoms with van der Waals surface area (Å²) < 4.78 is 44.0. The molecule has 0 aliphatic heterocycles. The Labute approximate surface area is 103 Å². The minimum absolute atomic E-state index is 0.185. The number of hydrogen-bond donors (Lipinski definition) is 0. The van der Waals surface area contributed by atoms with Gasteiger partial charge in [-0.1, -0.05) is 0 Å². The van der Waals surface area contributed by atoms with Crippen LogP contribution in [0.3, 0.4) is 0 Å². The van der Waals surface area contributed by atoms with Gasteiger partial charge in [0.1, 0.15) is 17.4 Å². The Hall–Kier alpha value is -1.56. The van der Waals surface area contributed by atoms with Gasteiger partial charge in [-0.15, -0.1) is 0 Å². The second kappa shape index (κ2) is 4.75. The molecule has 0 saturated heterocycles. The average Bonchev–Trinajstić information content (AvgIpc) is 2.25. The molecular weight excluding hydrogens is 299 g/mol. The van der Waals surface area contributed by atoms with Gasteiger partial charge in [-0.25, -0.2) is 18.2 Å². The molecule has 2 nitrogen and oxygen atoms in total. The maximum Gasteiger partial charge on any atom is 0.256 e. The number of halogens is 4. The number of hydrogen-bond acceptors (Lipinski definition) is 2. The van der Waals surface area contributed by atoms with Crippen LogP contribution >= 0.6 is 15.9 Å². The monoisotopic (exact) mass is 303 g/mol. The topological polar surface area (TPSA) is 22.1 Å². The van der Waals surface area contributed by atoms with Crippen molar-refractivity contribution in [2.45, 2.75) is 0 Å². The summed E-state index contributed by atoms with van der Waals surface area (Å²) in [5.41, 5.74) is 0. The largest absolute Gasteiger partial charge is 0.435 e. The molecule has 0 saturated carbocycles. The van der Waals surface area contributed by atoms with E-state index in [0.29, 0.717) is 10.5 Å². The molecule has 0 N–H and O–H groups in total. The summed E-state index contributed by atoms with van der Waals surface area (Å²) in [6.07, 6.45) is 0.829. The summed E-state index contributed by atoms with van der Waals surface area (Å²) >= 11 is 3.05. The minimum Gasteiger partial charge on any atom is -0.435 e. The molecule has 0 atom stereocenters. The molecule has 0 aliphatic rings. The van der Waals surface area contributed by atoms with Crippen molar-refractivity contribution in [3.8, 4) is 11.6 Å². The van der Waals surface area contributed by atoms with Gasteiger partial charge in [0.05, 0.1) is 10.7 Å². The van der Waals surface area contributed by atoms with E-state index in [9.17, 15) is 13.2 Å². The molecule has 2 rings (SSSR count). The summed E-state index contributed by atoms with van der Waals surface area (Å²) in [7, 11) is 0. The molecule has 0 amide bonds. The van der Waals surface area contributed by atoms with E-state index in [1.165, 1.54) is 6.07 Å². The zero-order chi connectivity index (χ0) is 12.4. The number of ether oxygens (including phenoxy) is 1.